The molecule has 2 aromatic rings. The quantitative estimate of drug-likeness (QED) is 0.881. The van der Waals surface area contributed by atoms with Crippen LogP contribution >= 0.6 is 11.6 Å². The average molecular weight is 311 g/mol. The molecule has 1 N–H and O–H groups in total. The number of carbonyl (C=O) groups is 1. The summed E-state index contributed by atoms with van der Waals surface area (Å²) in [5.41, 5.74) is 0.463. The third kappa shape index (κ3) is 3.41. The topological polar surface area (TPSA) is 60.5 Å². The normalized spacial score (nSPS) is 10.1. The molecule has 0 bridgehead atoms. The summed E-state index contributed by atoms with van der Waals surface area (Å²) >= 11 is 6.06. The highest BCUT2D eigenvalue weighted by molar-refractivity contribution is 6.34. The molecule has 7 heteroatoms. The molecule has 0 atom stereocenters. The fourth-order valence-corrected chi connectivity index (χ4v) is 1.89. The molecule has 0 aliphatic rings. The lowest BCUT2D eigenvalue weighted by Gasteiger charge is -2.12. The van der Waals surface area contributed by atoms with Gasteiger partial charge in [-0.05, 0) is 6.07 Å². The average Bonchev–Trinajstić information content (AvgIpc) is 2.48. The Kier molecular flexibility index (Phi) is 4.59. The predicted molar refractivity (Wildman–Crippen MR) is 76.7 cm³/mol. The Morgan fingerprint density at radius 1 is 1.24 bits per heavy atom. The number of hydrogen-bond acceptors (Lipinski definition) is 4. The van der Waals surface area contributed by atoms with E-state index in [-0.39, 0.29) is 10.6 Å². The smallest absolute Gasteiger partial charge is 0.255 e. The molecule has 21 heavy (non-hydrogen) atoms. The Morgan fingerprint density at radius 2 is 1.90 bits per heavy atom. The zero-order valence-electron chi connectivity index (χ0n) is 11.3. The minimum absolute atomic E-state index is 0.133. The van der Waals surface area contributed by atoms with Crippen molar-refractivity contribution in [2.75, 3.05) is 19.5 Å². The molecule has 0 saturated heterocycles. The number of hydrogen-bond donors (Lipinski definition) is 1. The van der Waals surface area contributed by atoms with E-state index in [1.54, 1.807) is 0 Å². The van der Waals surface area contributed by atoms with Crippen LogP contribution < -0.4 is 14.8 Å². The zero-order chi connectivity index (χ0) is 15.4. The van der Waals surface area contributed by atoms with Gasteiger partial charge in [-0.15, -0.1) is 0 Å². The molecule has 0 aliphatic carbocycles. The van der Waals surface area contributed by atoms with Gasteiger partial charge in [0.15, 0.2) is 11.5 Å². The summed E-state index contributed by atoms with van der Waals surface area (Å²) in [6.07, 6.45) is 1.21. The Balaban J connectivity index is 2.29. The minimum Gasteiger partial charge on any atom is -0.493 e. The van der Waals surface area contributed by atoms with Crippen molar-refractivity contribution in [2.45, 2.75) is 0 Å². The van der Waals surface area contributed by atoms with Crippen molar-refractivity contribution in [1.29, 1.82) is 0 Å². The number of benzene rings is 1. The number of carbonyl (C=O) groups excluding carboxylic acids is 1. The molecule has 0 saturated carbocycles. The van der Waals surface area contributed by atoms with Gasteiger partial charge in [-0.1, -0.05) is 11.6 Å². The van der Waals surface area contributed by atoms with Gasteiger partial charge < -0.3 is 14.8 Å². The van der Waals surface area contributed by atoms with Gasteiger partial charge in [0.2, 0.25) is 5.95 Å². The van der Waals surface area contributed by atoms with E-state index in [0.29, 0.717) is 17.2 Å². The molecule has 0 unspecified atom stereocenters. The number of anilines is 1. The van der Waals surface area contributed by atoms with E-state index in [0.717, 1.165) is 6.07 Å². The highest BCUT2D eigenvalue weighted by Gasteiger charge is 2.13. The molecule has 5 nitrogen and oxygen atoms in total. The van der Waals surface area contributed by atoms with Crippen LogP contribution in [-0.4, -0.2) is 25.1 Å². The second-order valence-corrected chi connectivity index (χ2v) is 4.42. The fraction of sp³-hybridized carbons (Fsp3) is 0.143. The van der Waals surface area contributed by atoms with E-state index in [1.807, 2.05) is 0 Å². The maximum atomic E-state index is 13.0. The first-order valence-electron chi connectivity index (χ1n) is 5.89. The minimum atomic E-state index is -0.735. The van der Waals surface area contributed by atoms with E-state index in [2.05, 4.69) is 10.3 Å². The summed E-state index contributed by atoms with van der Waals surface area (Å²) < 4.78 is 23.2. The number of pyridine rings is 1. The van der Waals surface area contributed by atoms with Crippen LogP contribution in [0.1, 0.15) is 10.4 Å². The van der Waals surface area contributed by atoms with Crippen molar-refractivity contribution in [3.63, 3.8) is 0 Å². The van der Waals surface area contributed by atoms with E-state index in [1.165, 1.54) is 38.6 Å². The molecule has 0 radical (unpaired) electrons. The van der Waals surface area contributed by atoms with Crippen LogP contribution in [0.2, 0.25) is 5.02 Å². The standard InChI is InChI=1S/C14H12ClFN2O3/c1-20-11-6-9(15)10(7-12(11)21-2)18-14(19)8-3-4-17-13(16)5-8/h3-7H,1-2H3,(H,18,19). The molecule has 1 heterocycles. The summed E-state index contributed by atoms with van der Waals surface area (Å²) in [5.74, 6) is -0.389. The van der Waals surface area contributed by atoms with Crippen molar-refractivity contribution in [3.8, 4) is 11.5 Å². The highest BCUT2D eigenvalue weighted by atomic mass is 35.5. The Hall–Kier alpha value is -2.34. The number of rotatable bonds is 4. The van der Waals surface area contributed by atoms with E-state index < -0.39 is 11.9 Å². The lowest BCUT2D eigenvalue weighted by molar-refractivity contribution is 0.102. The molecule has 0 aliphatic heterocycles. The van der Waals surface area contributed by atoms with Gasteiger partial charge in [-0.2, -0.15) is 4.39 Å². The monoisotopic (exact) mass is 310 g/mol. The van der Waals surface area contributed by atoms with Crippen molar-refractivity contribution in [2.24, 2.45) is 0 Å². The molecule has 0 fully saturated rings. The first kappa shape index (κ1) is 15.1. The second-order valence-electron chi connectivity index (χ2n) is 4.01. The lowest BCUT2D eigenvalue weighted by atomic mass is 10.2. The number of nitrogens with zero attached hydrogens (tertiary/aromatic N) is 1. The van der Waals surface area contributed by atoms with Gasteiger partial charge in [-0.25, -0.2) is 4.98 Å². The molecule has 1 amide bonds. The molecule has 110 valence electrons. The number of amides is 1. The molecule has 1 aromatic heterocycles. The van der Waals surface area contributed by atoms with Crippen molar-refractivity contribution in [3.05, 3.63) is 47.0 Å². The van der Waals surface area contributed by atoms with Gasteiger partial charge in [0.25, 0.3) is 5.91 Å². The first-order valence-corrected chi connectivity index (χ1v) is 6.27. The zero-order valence-corrected chi connectivity index (χ0v) is 12.1. The van der Waals surface area contributed by atoms with Crippen LogP contribution in [0.25, 0.3) is 0 Å². The molecule has 0 spiro atoms. The maximum Gasteiger partial charge on any atom is 0.255 e. The highest BCUT2D eigenvalue weighted by Crippen LogP contribution is 2.36. The maximum absolute atomic E-state index is 13.0. The van der Waals surface area contributed by atoms with Crippen LogP contribution in [0.3, 0.4) is 0 Å². The third-order valence-electron chi connectivity index (χ3n) is 2.71. The summed E-state index contributed by atoms with van der Waals surface area (Å²) in [7, 11) is 2.95. The number of methoxy groups -OCH3 is 2. The fourth-order valence-electron chi connectivity index (χ4n) is 1.69. The van der Waals surface area contributed by atoms with Gasteiger partial charge in [0.05, 0.1) is 24.9 Å². The van der Waals surface area contributed by atoms with Crippen LogP contribution in [-0.2, 0) is 0 Å². The predicted octanol–water partition coefficient (Wildman–Crippen LogP) is 3.14. The number of aromatic nitrogens is 1. The van der Waals surface area contributed by atoms with Crippen LogP contribution in [0.4, 0.5) is 10.1 Å². The molecule has 2 rings (SSSR count). The van der Waals surface area contributed by atoms with Gasteiger partial charge >= 0.3 is 0 Å². The summed E-state index contributed by atoms with van der Waals surface area (Å²) in [6, 6.07) is 5.47. The van der Waals surface area contributed by atoms with E-state index >= 15 is 0 Å². The van der Waals surface area contributed by atoms with Crippen LogP contribution in [0.5, 0.6) is 11.5 Å². The Bertz CT molecular complexity index is 679. The molecular weight excluding hydrogens is 299 g/mol. The van der Waals surface area contributed by atoms with E-state index in [9.17, 15) is 9.18 Å². The molecule has 1 aromatic carbocycles. The second kappa shape index (κ2) is 6.41. The Labute approximate surface area is 125 Å². The van der Waals surface area contributed by atoms with Gasteiger partial charge in [0, 0.05) is 30.0 Å². The third-order valence-corrected chi connectivity index (χ3v) is 3.02. The van der Waals surface area contributed by atoms with Gasteiger partial charge in [-0.3, -0.25) is 4.79 Å². The lowest BCUT2D eigenvalue weighted by Crippen LogP contribution is -2.13. The first-order chi connectivity index (χ1) is 10.0. The molecular formula is C14H12ClFN2O3. The van der Waals surface area contributed by atoms with Gasteiger partial charge in [0.1, 0.15) is 0 Å². The summed E-state index contributed by atoms with van der Waals surface area (Å²) in [4.78, 5) is 15.4. The van der Waals surface area contributed by atoms with Crippen molar-refractivity contribution < 1.29 is 18.7 Å². The van der Waals surface area contributed by atoms with E-state index in [4.69, 9.17) is 21.1 Å². The SMILES string of the molecule is COc1cc(Cl)c(NC(=O)c2ccnc(F)c2)cc1OC. The summed E-state index contributed by atoms with van der Waals surface area (Å²) in [5, 5.41) is 2.85. The van der Waals surface area contributed by atoms with Crippen LogP contribution in [0, 0.1) is 5.95 Å². The van der Waals surface area contributed by atoms with Crippen LogP contribution in [0.15, 0.2) is 30.5 Å². The number of halogens is 2. The number of nitrogens with one attached hydrogen (secondary N) is 1. The largest absolute Gasteiger partial charge is 0.493 e. The van der Waals surface area contributed by atoms with Crippen molar-refractivity contribution in [1.82, 2.24) is 4.98 Å². The van der Waals surface area contributed by atoms with Crippen molar-refractivity contribution >= 4 is 23.2 Å². The summed E-state index contributed by atoms with van der Waals surface area (Å²) in [6.45, 7) is 0. The number of ether oxygens (including phenoxy) is 2. The Morgan fingerprint density at radius 3 is 2.52 bits per heavy atom.